The Morgan fingerprint density at radius 2 is 1.63 bits per heavy atom. The van der Waals surface area contributed by atoms with Gasteiger partial charge in [-0.05, 0) is 43.3 Å². The van der Waals surface area contributed by atoms with Crippen LogP contribution in [0.2, 0.25) is 0 Å². The minimum atomic E-state index is -0.607. The molecular formula is C21H17FO5. The summed E-state index contributed by atoms with van der Waals surface area (Å²) in [5, 5.41) is 0. The topological polar surface area (TPSA) is 65.7 Å². The number of hydrogen-bond donors (Lipinski definition) is 0. The van der Waals surface area contributed by atoms with Gasteiger partial charge in [-0.2, -0.15) is 0 Å². The Morgan fingerprint density at radius 3 is 2.30 bits per heavy atom. The van der Waals surface area contributed by atoms with E-state index in [0.717, 1.165) is 5.56 Å². The zero-order valence-electron chi connectivity index (χ0n) is 14.6. The summed E-state index contributed by atoms with van der Waals surface area (Å²) in [6.07, 6.45) is 0. The molecule has 1 heterocycles. The van der Waals surface area contributed by atoms with E-state index in [-0.39, 0.29) is 30.6 Å². The molecule has 0 aliphatic heterocycles. The third-order valence-electron chi connectivity index (χ3n) is 3.78. The first-order valence-electron chi connectivity index (χ1n) is 8.29. The van der Waals surface area contributed by atoms with Crippen LogP contribution in [0.3, 0.4) is 0 Å². The van der Waals surface area contributed by atoms with Crippen molar-refractivity contribution in [3.05, 3.63) is 77.8 Å². The lowest BCUT2D eigenvalue weighted by Gasteiger charge is -2.06. The molecule has 0 bridgehead atoms. The lowest BCUT2D eigenvalue weighted by molar-refractivity contribution is 0.0416. The molecule has 0 spiro atoms. The minimum absolute atomic E-state index is 0.0203. The van der Waals surface area contributed by atoms with Gasteiger partial charge in [-0.15, -0.1) is 0 Å². The van der Waals surface area contributed by atoms with Crippen molar-refractivity contribution in [2.24, 2.45) is 0 Å². The second-order valence-electron chi connectivity index (χ2n) is 5.74. The van der Waals surface area contributed by atoms with Gasteiger partial charge in [0.15, 0.2) is 5.78 Å². The number of hydrogen-bond acceptors (Lipinski definition) is 5. The van der Waals surface area contributed by atoms with E-state index in [2.05, 4.69) is 0 Å². The van der Waals surface area contributed by atoms with Crippen LogP contribution in [0.5, 0.6) is 5.75 Å². The molecule has 0 unspecified atom stereocenters. The second-order valence-corrected chi connectivity index (χ2v) is 5.74. The van der Waals surface area contributed by atoms with Crippen molar-refractivity contribution in [1.82, 2.24) is 0 Å². The van der Waals surface area contributed by atoms with Crippen LogP contribution in [0.1, 0.15) is 27.8 Å². The van der Waals surface area contributed by atoms with Crippen LogP contribution in [0, 0.1) is 5.82 Å². The highest BCUT2D eigenvalue weighted by molar-refractivity contribution is 5.94. The van der Waals surface area contributed by atoms with Crippen LogP contribution in [0.15, 0.2) is 65.1 Å². The maximum atomic E-state index is 12.8. The van der Waals surface area contributed by atoms with E-state index in [4.69, 9.17) is 13.9 Å². The zero-order chi connectivity index (χ0) is 19.2. The van der Waals surface area contributed by atoms with Gasteiger partial charge < -0.3 is 13.9 Å². The van der Waals surface area contributed by atoms with E-state index in [1.165, 1.54) is 37.3 Å². The van der Waals surface area contributed by atoms with Crippen LogP contribution in [0.4, 0.5) is 4.39 Å². The molecule has 0 fully saturated rings. The van der Waals surface area contributed by atoms with Gasteiger partial charge in [0.05, 0.1) is 0 Å². The van der Waals surface area contributed by atoms with Crippen LogP contribution < -0.4 is 4.74 Å². The van der Waals surface area contributed by atoms with Gasteiger partial charge in [-0.3, -0.25) is 4.79 Å². The Hall–Kier alpha value is -3.41. The largest absolute Gasteiger partial charge is 0.490 e. The minimum Gasteiger partial charge on any atom is -0.490 e. The highest BCUT2D eigenvalue weighted by Gasteiger charge is 2.14. The normalized spacial score (nSPS) is 10.4. The summed E-state index contributed by atoms with van der Waals surface area (Å²) in [5.41, 5.74) is 1.35. The van der Waals surface area contributed by atoms with Crippen molar-refractivity contribution in [2.75, 3.05) is 13.2 Å². The molecule has 6 heteroatoms. The summed E-state index contributed by atoms with van der Waals surface area (Å²) in [7, 11) is 0. The predicted octanol–water partition coefficient (Wildman–Crippen LogP) is 4.52. The van der Waals surface area contributed by atoms with Gasteiger partial charge in [0, 0.05) is 11.1 Å². The Balaban J connectivity index is 1.52. The number of carbonyl (C=O) groups excluding carboxylic acids is 2. The number of furan rings is 1. The second kappa shape index (κ2) is 8.31. The highest BCUT2D eigenvalue weighted by atomic mass is 19.1. The molecule has 0 atom stereocenters. The average Bonchev–Trinajstić information content (AvgIpc) is 3.17. The van der Waals surface area contributed by atoms with Crippen molar-refractivity contribution in [3.8, 4) is 17.1 Å². The molecule has 1 aromatic heterocycles. The lowest BCUT2D eigenvalue weighted by atomic mass is 10.1. The highest BCUT2D eigenvalue weighted by Crippen LogP contribution is 2.23. The molecule has 27 heavy (non-hydrogen) atoms. The molecular weight excluding hydrogens is 351 g/mol. The van der Waals surface area contributed by atoms with Gasteiger partial charge in [0.1, 0.15) is 30.5 Å². The Bertz CT molecular complexity index is 926. The summed E-state index contributed by atoms with van der Waals surface area (Å²) >= 11 is 0. The maximum absolute atomic E-state index is 12.8. The van der Waals surface area contributed by atoms with E-state index in [1.807, 2.05) is 0 Å². The first kappa shape index (κ1) is 18.4. The van der Waals surface area contributed by atoms with Crippen LogP contribution in [-0.2, 0) is 4.74 Å². The fourth-order valence-electron chi connectivity index (χ4n) is 2.37. The molecule has 2 aromatic carbocycles. The molecule has 3 aromatic rings. The monoisotopic (exact) mass is 368 g/mol. The molecule has 0 aliphatic rings. The number of ether oxygens (including phenoxy) is 2. The molecule has 0 saturated carbocycles. The molecule has 0 N–H and O–H groups in total. The van der Waals surface area contributed by atoms with Crippen molar-refractivity contribution in [1.29, 1.82) is 0 Å². The Labute approximate surface area is 155 Å². The first-order valence-corrected chi connectivity index (χ1v) is 8.29. The SMILES string of the molecule is CC(=O)c1ccc(-c2ccc(C(=O)OCCOc3ccc(F)cc3)o2)cc1. The summed E-state index contributed by atoms with van der Waals surface area (Å²) in [6, 6.07) is 15.6. The smallest absolute Gasteiger partial charge is 0.374 e. The average molecular weight is 368 g/mol. The van der Waals surface area contributed by atoms with Gasteiger partial charge >= 0.3 is 5.97 Å². The molecule has 0 radical (unpaired) electrons. The summed E-state index contributed by atoms with van der Waals surface area (Å²) in [5.74, 6) is 0.0829. The molecule has 5 nitrogen and oxygen atoms in total. The van der Waals surface area contributed by atoms with Crippen LogP contribution in [0.25, 0.3) is 11.3 Å². The fourth-order valence-corrected chi connectivity index (χ4v) is 2.37. The number of halogens is 1. The van der Waals surface area contributed by atoms with Gasteiger partial charge in [0.25, 0.3) is 0 Å². The van der Waals surface area contributed by atoms with E-state index in [0.29, 0.717) is 17.1 Å². The van der Waals surface area contributed by atoms with E-state index < -0.39 is 5.97 Å². The summed E-state index contributed by atoms with van der Waals surface area (Å²) in [4.78, 5) is 23.3. The number of rotatable bonds is 7. The lowest BCUT2D eigenvalue weighted by Crippen LogP contribution is -2.11. The number of ketones is 1. The molecule has 138 valence electrons. The third kappa shape index (κ3) is 4.82. The summed E-state index contributed by atoms with van der Waals surface area (Å²) < 4.78 is 28.8. The number of Topliss-reactive ketones (excluding diaryl/α,β-unsaturated/α-hetero) is 1. The van der Waals surface area contributed by atoms with Crippen LogP contribution in [-0.4, -0.2) is 25.0 Å². The standard InChI is InChI=1S/C21H17FO5/c1-14(23)15-2-4-16(5-3-15)19-10-11-20(27-19)21(24)26-13-12-25-18-8-6-17(22)7-9-18/h2-11H,12-13H2,1H3. The van der Waals surface area contributed by atoms with Gasteiger partial charge in [-0.1, -0.05) is 24.3 Å². The molecule has 0 saturated heterocycles. The Kier molecular flexibility index (Phi) is 5.66. The van der Waals surface area contributed by atoms with Gasteiger partial charge in [0.2, 0.25) is 5.76 Å². The maximum Gasteiger partial charge on any atom is 0.374 e. The van der Waals surface area contributed by atoms with Crippen LogP contribution >= 0.6 is 0 Å². The molecule has 0 amide bonds. The summed E-state index contributed by atoms with van der Waals surface area (Å²) in [6.45, 7) is 1.66. The number of benzene rings is 2. The van der Waals surface area contributed by atoms with E-state index in [9.17, 15) is 14.0 Å². The Morgan fingerprint density at radius 1 is 0.926 bits per heavy atom. The zero-order valence-corrected chi connectivity index (χ0v) is 14.6. The fraction of sp³-hybridized carbons (Fsp3) is 0.143. The quantitative estimate of drug-likeness (QED) is 0.348. The van der Waals surface area contributed by atoms with Gasteiger partial charge in [-0.25, -0.2) is 9.18 Å². The van der Waals surface area contributed by atoms with E-state index >= 15 is 0 Å². The van der Waals surface area contributed by atoms with Crippen molar-refractivity contribution < 1.29 is 27.9 Å². The van der Waals surface area contributed by atoms with Crippen molar-refractivity contribution in [3.63, 3.8) is 0 Å². The number of carbonyl (C=O) groups is 2. The third-order valence-corrected chi connectivity index (χ3v) is 3.78. The molecule has 3 rings (SSSR count). The van der Waals surface area contributed by atoms with Crippen molar-refractivity contribution >= 4 is 11.8 Å². The predicted molar refractivity (Wildman–Crippen MR) is 96.3 cm³/mol. The molecule has 0 aliphatic carbocycles. The van der Waals surface area contributed by atoms with Crippen molar-refractivity contribution in [2.45, 2.75) is 6.92 Å². The number of esters is 1. The van der Waals surface area contributed by atoms with E-state index in [1.54, 1.807) is 30.3 Å². The first-order chi connectivity index (χ1) is 13.0.